The van der Waals surface area contributed by atoms with Crippen LogP contribution in [0.25, 0.3) is 0 Å². The predicted molar refractivity (Wildman–Crippen MR) is 150 cm³/mol. The van der Waals surface area contributed by atoms with E-state index in [4.69, 9.17) is 4.74 Å². The summed E-state index contributed by atoms with van der Waals surface area (Å²) >= 11 is 0. The smallest absolute Gasteiger partial charge is 0.228 e. The van der Waals surface area contributed by atoms with E-state index in [9.17, 15) is 4.79 Å². The van der Waals surface area contributed by atoms with Crippen LogP contribution in [0.3, 0.4) is 0 Å². The summed E-state index contributed by atoms with van der Waals surface area (Å²) in [6.07, 6.45) is 4.40. The van der Waals surface area contributed by atoms with Gasteiger partial charge in [-0.05, 0) is 35.6 Å². The van der Waals surface area contributed by atoms with E-state index in [1.165, 1.54) is 11.3 Å². The molecule has 2 saturated heterocycles. The lowest BCUT2D eigenvalue weighted by molar-refractivity contribution is -0.118. The fourth-order valence-corrected chi connectivity index (χ4v) is 4.46. The first-order valence-corrected chi connectivity index (χ1v) is 13.7. The maximum absolute atomic E-state index is 11.9. The summed E-state index contributed by atoms with van der Waals surface area (Å²) in [5, 5.41) is 3.22. The summed E-state index contributed by atoms with van der Waals surface area (Å²) in [5.41, 5.74) is 4.47. The summed E-state index contributed by atoms with van der Waals surface area (Å²) in [6, 6.07) is 8.38. The largest absolute Gasteiger partial charge is 0.383 e. The monoisotopic (exact) mass is 510 g/mol. The van der Waals surface area contributed by atoms with Crippen molar-refractivity contribution in [3.05, 3.63) is 53.6 Å². The third kappa shape index (κ3) is 9.45. The minimum absolute atomic E-state index is 0.175. The first-order chi connectivity index (χ1) is 17.9. The minimum Gasteiger partial charge on any atom is -0.383 e. The van der Waals surface area contributed by atoms with Gasteiger partial charge >= 0.3 is 0 Å². The number of nitrogens with zero attached hydrogens (tertiary/aromatic N) is 5. The van der Waals surface area contributed by atoms with Gasteiger partial charge in [0.2, 0.25) is 5.91 Å². The normalized spacial score (nSPS) is 17.6. The number of hydrogen-bond donors (Lipinski definition) is 1. The minimum atomic E-state index is 0.175. The van der Waals surface area contributed by atoms with Gasteiger partial charge in [0.15, 0.2) is 0 Å². The van der Waals surface area contributed by atoms with Gasteiger partial charge in [-0.3, -0.25) is 24.6 Å². The third-order valence-corrected chi connectivity index (χ3v) is 6.92. The molecule has 37 heavy (non-hydrogen) atoms. The zero-order chi connectivity index (χ0) is 26.6. The van der Waals surface area contributed by atoms with Crippen molar-refractivity contribution in [1.29, 1.82) is 0 Å². The fourth-order valence-electron chi connectivity index (χ4n) is 4.46. The molecule has 0 saturated carbocycles. The second kappa shape index (κ2) is 15.1. The van der Waals surface area contributed by atoms with Crippen LogP contribution < -0.4 is 10.2 Å². The van der Waals surface area contributed by atoms with Gasteiger partial charge in [-0.15, -0.1) is 0 Å². The van der Waals surface area contributed by atoms with Gasteiger partial charge in [0, 0.05) is 90.0 Å². The van der Waals surface area contributed by atoms with Crippen molar-refractivity contribution >= 4 is 11.6 Å². The molecule has 0 bridgehead atoms. The van der Waals surface area contributed by atoms with E-state index in [-0.39, 0.29) is 5.91 Å². The highest BCUT2D eigenvalue weighted by Crippen LogP contribution is 2.18. The molecule has 0 radical (unpaired) electrons. The van der Waals surface area contributed by atoms with E-state index in [0.29, 0.717) is 18.3 Å². The molecule has 204 valence electrons. The van der Waals surface area contributed by atoms with Gasteiger partial charge in [-0.25, -0.2) is 0 Å². The average Bonchev–Trinajstić information content (AvgIpc) is 3.13. The molecule has 2 aromatic heterocycles. The van der Waals surface area contributed by atoms with E-state index in [2.05, 4.69) is 64.9 Å². The zero-order valence-electron chi connectivity index (χ0n) is 23.4. The molecule has 1 amide bonds. The molecule has 8 nitrogen and oxygen atoms in total. The van der Waals surface area contributed by atoms with Crippen molar-refractivity contribution < 1.29 is 9.53 Å². The molecule has 0 aliphatic carbocycles. The standard InChI is InChI=1S/C16H27N3O.C13H19N3O/c1-14(2)16-5-4-15(12-17-16)13-19-8-6-18(7-9-19)10-11-20-3;1-10(2)12-4-3-11(9-15-12)16-8-7-14-6-5-13(16)17/h4-5,12,14H,6-11,13H2,1-3H3;3-4,9-10,14H,5-8H2,1-2H3. The van der Waals surface area contributed by atoms with E-state index in [1.54, 1.807) is 13.3 Å². The zero-order valence-corrected chi connectivity index (χ0v) is 23.4. The molecule has 0 atom stereocenters. The molecule has 2 fully saturated rings. The highest BCUT2D eigenvalue weighted by Gasteiger charge is 2.18. The van der Waals surface area contributed by atoms with E-state index in [0.717, 1.165) is 76.9 Å². The third-order valence-electron chi connectivity index (χ3n) is 6.92. The lowest BCUT2D eigenvalue weighted by Crippen LogP contribution is -2.46. The molecular weight excluding hydrogens is 464 g/mol. The number of nitrogens with one attached hydrogen (secondary N) is 1. The van der Waals surface area contributed by atoms with Gasteiger partial charge in [0.1, 0.15) is 0 Å². The Morgan fingerprint density at radius 3 is 2.08 bits per heavy atom. The number of aromatic nitrogens is 2. The Morgan fingerprint density at radius 1 is 0.865 bits per heavy atom. The average molecular weight is 511 g/mol. The number of pyridine rings is 2. The molecule has 4 rings (SSSR count). The Labute approximate surface area is 223 Å². The molecule has 0 unspecified atom stereocenters. The SMILES string of the molecule is CC(C)c1ccc(N2CCNCCC2=O)cn1.COCCN1CCN(Cc2ccc(C(C)C)nc2)CC1. The summed E-state index contributed by atoms with van der Waals surface area (Å²) < 4.78 is 5.13. The maximum atomic E-state index is 11.9. The van der Waals surface area contributed by atoms with Crippen molar-refractivity contribution in [2.75, 3.05) is 71.0 Å². The number of anilines is 1. The van der Waals surface area contributed by atoms with Crippen molar-refractivity contribution in [3.63, 3.8) is 0 Å². The second-order valence-electron chi connectivity index (χ2n) is 10.5. The van der Waals surface area contributed by atoms with Crippen LogP contribution in [0, 0.1) is 0 Å². The first kappa shape index (κ1) is 29.2. The van der Waals surface area contributed by atoms with Crippen LogP contribution in [0.1, 0.15) is 62.9 Å². The Kier molecular flexibility index (Phi) is 11.9. The number of piperazine rings is 1. The van der Waals surface area contributed by atoms with Crippen LogP contribution in [0.15, 0.2) is 36.7 Å². The van der Waals surface area contributed by atoms with Crippen LogP contribution in [0.4, 0.5) is 5.69 Å². The van der Waals surface area contributed by atoms with Crippen LogP contribution >= 0.6 is 0 Å². The van der Waals surface area contributed by atoms with Crippen LogP contribution in [-0.4, -0.2) is 91.7 Å². The number of amides is 1. The lowest BCUT2D eigenvalue weighted by atomic mass is 10.1. The van der Waals surface area contributed by atoms with Crippen LogP contribution in [-0.2, 0) is 16.1 Å². The molecule has 0 spiro atoms. The Hall–Kier alpha value is -2.39. The highest BCUT2D eigenvalue weighted by molar-refractivity contribution is 5.93. The summed E-state index contributed by atoms with van der Waals surface area (Å²) in [7, 11) is 1.77. The molecule has 1 N–H and O–H groups in total. The number of rotatable bonds is 8. The van der Waals surface area contributed by atoms with Gasteiger partial charge in [-0.2, -0.15) is 0 Å². The van der Waals surface area contributed by atoms with Crippen LogP contribution in [0.2, 0.25) is 0 Å². The molecule has 4 heterocycles. The molecule has 8 heteroatoms. The molecular formula is C29H46N6O2. The number of methoxy groups -OCH3 is 1. The Morgan fingerprint density at radius 2 is 1.51 bits per heavy atom. The van der Waals surface area contributed by atoms with Gasteiger partial charge in [0.05, 0.1) is 18.5 Å². The maximum Gasteiger partial charge on any atom is 0.228 e. The van der Waals surface area contributed by atoms with E-state index >= 15 is 0 Å². The molecule has 2 aliphatic rings. The predicted octanol–water partition coefficient (Wildman–Crippen LogP) is 3.50. The Balaban J connectivity index is 0.000000208. The highest BCUT2D eigenvalue weighted by atomic mass is 16.5. The van der Waals surface area contributed by atoms with Gasteiger partial charge in [-0.1, -0.05) is 33.8 Å². The van der Waals surface area contributed by atoms with Gasteiger partial charge in [0.25, 0.3) is 0 Å². The first-order valence-electron chi connectivity index (χ1n) is 13.7. The molecule has 2 aliphatic heterocycles. The van der Waals surface area contributed by atoms with Crippen molar-refractivity contribution in [2.24, 2.45) is 0 Å². The summed E-state index contributed by atoms with van der Waals surface area (Å²) in [4.78, 5) is 27.6. The number of carbonyl (C=O) groups excluding carboxylic acids is 1. The number of carbonyl (C=O) groups is 1. The quantitative estimate of drug-likeness (QED) is 0.583. The van der Waals surface area contributed by atoms with Gasteiger partial charge < -0.3 is 15.0 Å². The Bertz CT molecular complexity index is 924. The number of hydrogen-bond acceptors (Lipinski definition) is 7. The van der Waals surface area contributed by atoms with Crippen molar-refractivity contribution in [3.8, 4) is 0 Å². The summed E-state index contributed by atoms with van der Waals surface area (Å²) in [6.45, 7) is 18.4. The number of ether oxygens (including phenoxy) is 1. The summed E-state index contributed by atoms with van der Waals surface area (Å²) in [5.74, 6) is 1.10. The van der Waals surface area contributed by atoms with E-state index in [1.807, 2.05) is 23.2 Å². The molecule has 0 aromatic carbocycles. The second-order valence-corrected chi connectivity index (χ2v) is 10.5. The topological polar surface area (TPSA) is 73.8 Å². The molecule has 2 aromatic rings. The van der Waals surface area contributed by atoms with Crippen molar-refractivity contribution in [2.45, 2.75) is 52.5 Å². The van der Waals surface area contributed by atoms with Crippen molar-refractivity contribution in [1.82, 2.24) is 25.1 Å². The van der Waals surface area contributed by atoms with E-state index < -0.39 is 0 Å². The van der Waals surface area contributed by atoms with Crippen LogP contribution in [0.5, 0.6) is 0 Å². The lowest BCUT2D eigenvalue weighted by Gasteiger charge is -2.34. The fraction of sp³-hybridized carbons (Fsp3) is 0.621.